The minimum Gasteiger partial charge on any atom is -0.381 e. The Morgan fingerprint density at radius 1 is 1.09 bits per heavy atom. The first-order chi connectivity index (χ1) is 16.2. The number of fused-ring (bicyclic) bond motifs is 1. The molecule has 3 N–H and O–H groups in total. The van der Waals surface area contributed by atoms with Crippen LogP contribution in [0.2, 0.25) is 0 Å². The summed E-state index contributed by atoms with van der Waals surface area (Å²) in [5.74, 6) is 1.68. The maximum absolute atomic E-state index is 5.49. The lowest BCUT2D eigenvalue weighted by Crippen LogP contribution is -2.43. The second kappa shape index (κ2) is 9.93. The third-order valence-corrected chi connectivity index (χ3v) is 6.44. The smallest absolute Gasteiger partial charge is 0.229 e. The number of ether oxygens (including phenoxy) is 1. The van der Waals surface area contributed by atoms with Crippen LogP contribution in [0.3, 0.4) is 0 Å². The third-order valence-electron chi connectivity index (χ3n) is 6.44. The number of hydrogen-bond acceptors (Lipinski definition) is 8. The van der Waals surface area contributed by atoms with E-state index < -0.39 is 0 Å². The Hall–Kier alpha value is -2.91. The maximum Gasteiger partial charge on any atom is 0.229 e. The second-order valence-corrected chi connectivity index (χ2v) is 9.15. The largest absolute Gasteiger partial charge is 0.381 e. The van der Waals surface area contributed by atoms with Gasteiger partial charge >= 0.3 is 0 Å². The molecule has 0 amide bonds. The molecule has 5 rings (SSSR count). The molecule has 0 unspecified atom stereocenters. The van der Waals surface area contributed by atoms with E-state index in [0.29, 0.717) is 30.4 Å². The minimum absolute atomic E-state index is 0.331. The molecule has 3 aromatic rings. The lowest BCUT2D eigenvalue weighted by atomic mass is 10.1. The normalized spacial score (nSPS) is 17.6. The summed E-state index contributed by atoms with van der Waals surface area (Å²) in [5, 5.41) is 15.0. The molecule has 33 heavy (non-hydrogen) atoms. The molecule has 2 fully saturated rings. The summed E-state index contributed by atoms with van der Waals surface area (Å²) < 4.78 is 7.31. The van der Waals surface area contributed by atoms with Gasteiger partial charge in [-0.3, -0.25) is 0 Å². The number of anilines is 3. The van der Waals surface area contributed by atoms with Crippen LogP contribution in [0.15, 0.2) is 30.5 Å². The van der Waals surface area contributed by atoms with Crippen LogP contribution >= 0.6 is 0 Å². The Kier molecular flexibility index (Phi) is 6.59. The lowest BCUT2D eigenvalue weighted by Gasteiger charge is -2.29. The highest BCUT2D eigenvalue weighted by atomic mass is 16.5. The van der Waals surface area contributed by atoms with Gasteiger partial charge in [-0.15, -0.1) is 0 Å². The van der Waals surface area contributed by atoms with Crippen LogP contribution in [-0.4, -0.2) is 65.0 Å². The minimum atomic E-state index is 0.331. The van der Waals surface area contributed by atoms with Crippen molar-refractivity contribution in [2.45, 2.75) is 45.2 Å². The van der Waals surface area contributed by atoms with E-state index in [9.17, 15) is 0 Å². The molecule has 0 bridgehead atoms. The third kappa shape index (κ3) is 5.04. The van der Waals surface area contributed by atoms with Crippen molar-refractivity contribution in [2.24, 2.45) is 0 Å². The molecule has 9 heteroatoms. The van der Waals surface area contributed by atoms with Gasteiger partial charge < -0.3 is 25.6 Å². The summed E-state index contributed by atoms with van der Waals surface area (Å²) in [6, 6.07) is 9.12. The van der Waals surface area contributed by atoms with E-state index in [4.69, 9.17) is 14.7 Å². The summed E-state index contributed by atoms with van der Waals surface area (Å²) in [7, 11) is 0. The van der Waals surface area contributed by atoms with Crippen LogP contribution in [0.5, 0.6) is 0 Å². The van der Waals surface area contributed by atoms with Crippen molar-refractivity contribution in [3.63, 3.8) is 0 Å². The number of aromatic nitrogens is 4. The van der Waals surface area contributed by atoms with Crippen LogP contribution in [0, 0.1) is 0 Å². The van der Waals surface area contributed by atoms with Crippen molar-refractivity contribution in [3.8, 4) is 0 Å². The number of nitrogens with one attached hydrogen (secondary N) is 3. The Balaban J connectivity index is 1.34. The van der Waals surface area contributed by atoms with Crippen molar-refractivity contribution in [1.29, 1.82) is 0 Å². The first-order valence-electron chi connectivity index (χ1n) is 12.1. The summed E-state index contributed by atoms with van der Waals surface area (Å²) >= 11 is 0. The van der Waals surface area contributed by atoms with E-state index in [2.05, 4.69) is 64.1 Å². The van der Waals surface area contributed by atoms with Gasteiger partial charge in [0.2, 0.25) is 11.9 Å². The van der Waals surface area contributed by atoms with E-state index in [0.717, 1.165) is 63.4 Å². The highest BCUT2D eigenvalue weighted by Crippen LogP contribution is 2.23. The van der Waals surface area contributed by atoms with Crippen molar-refractivity contribution in [1.82, 2.24) is 24.9 Å². The number of benzene rings is 1. The molecule has 4 heterocycles. The standard InChI is InChI=1S/C24H34N8O/c1-17(2)21-16-27-32-22(21)29-23(28-19-7-13-33-14-8-19)30-24(32)26-15-18-3-5-20(6-4-18)31-11-9-25-10-12-31/h3-6,16-17,19,25H,7-15H2,1-2H3,(H2,26,28,29,30). The van der Waals surface area contributed by atoms with Gasteiger partial charge in [-0.1, -0.05) is 26.0 Å². The molecule has 1 aromatic carbocycles. The maximum atomic E-state index is 5.49. The quantitative estimate of drug-likeness (QED) is 0.506. The van der Waals surface area contributed by atoms with Crippen molar-refractivity contribution in [3.05, 3.63) is 41.6 Å². The number of hydrogen-bond donors (Lipinski definition) is 3. The van der Waals surface area contributed by atoms with Crippen molar-refractivity contribution >= 4 is 23.2 Å². The predicted molar refractivity (Wildman–Crippen MR) is 131 cm³/mol. The Bertz CT molecular complexity index is 1050. The Labute approximate surface area is 194 Å². The topological polar surface area (TPSA) is 91.6 Å². The van der Waals surface area contributed by atoms with Gasteiger partial charge in [-0.25, -0.2) is 0 Å². The first kappa shape index (κ1) is 21.9. The molecule has 0 spiro atoms. The van der Waals surface area contributed by atoms with Gasteiger partial charge in [0.05, 0.1) is 6.20 Å². The van der Waals surface area contributed by atoms with Gasteiger partial charge in [0.25, 0.3) is 0 Å². The Morgan fingerprint density at radius 3 is 2.58 bits per heavy atom. The molecule has 2 saturated heterocycles. The van der Waals surface area contributed by atoms with E-state index >= 15 is 0 Å². The fraction of sp³-hybridized carbons (Fsp3) is 0.542. The summed E-state index contributed by atoms with van der Waals surface area (Å²) in [6.45, 7) is 10.7. The first-order valence-corrected chi connectivity index (χ1v) is 12.1. The number of piperazine rings is 1. The average molecular weight is 451 g/mol. The van der Waals surface area contributed by atoms with Crippen LogP contribution < -0.4 is 20.9 Å². The van der Waals surface area contributed by atoms with Crippen molar-refractivity contribution in [2.75, 3.05) is 54.9 Å². The molecule has 0 aliphatic carbocycles. The summed E-state index contributed by atoms with van der Waals surface area (Å²) in [4.78, 5) is 12.0. The van der Waals surface area contributed by atoms with Crippen LogP contribution in [0.4, 0.5) is 17.6 Å². The molecular formula is C24H34N8O. The average Bonchev–Trinajstić information content (AvgIpc) is 3.29. The van der Waals surface area contributed by atoms with E-state index in [1.54, 1.807) is 0 Å². The molecule has 2 aliphatic heterocycles. The van der Waals surface area contributed by atoms with Crippen LogP contribution in [0.1, 0.15) is 43.7 Å². The van der Waals surface area contributed by atoms with Gasteiger partial charge in [-0.05, 0) is 36.5 Å². The monoisotopic (exact) mass is 450 g/mol. The number of rotatable bonds is 7. The SMILES string of the molecule is CC(C)c1cnn2c(NCc3ccc(N4CCNCC4)cc3)nc(NC3CCOCC3)nc12. The van der Waals surface area contributed by atoms with Crippen LogP contribution in [0.25, 0.3) is 5.65 Å². The van der Waals surface area contributed by atoms with Crippen LogP contribution in [-0.2, 0) is 11.3 Å². The molecule has 2 aliphatic rings. The van der Waals surface area contributed by atoms with E-state index in [-0.39, 0.29) is 0 Å². The fourth-order valence-electron chi connectivity index (χ4n) is 4.43. The van der Waals surface area contributed by atoms with Gasteiger partial charge in [0.1, 0.15) is 0 Å². The zero-order valence-corrected chi connectivity index (χ0v) is 19.5. The molecule has 0 radical (unpaired) electrons. The van der Waals surface area contributed by atoms with Gasteiger partial charge in [-0.2, -0.15) is 19.6 Å². The van der Waals surface area contributed by atoms with Gasteiger partial charge in [0, 0.05) is 63.2 Å². The fourth-order valence-corrected chi connectivity index (χ4v) is 4.43. The zero-order valence-electron chi connectivity index (χ0n) is 19.5. The second-order valence-electron chi connectivity index (χ2n) is 9.15. The molecule has 2 aromatic heterocycles. The highest BCUT2D eigenvalue weighted by molar-refractivity contribution is 5.56. The van der Waals surface area contributed by atoms with E-state index in [1.165, 1.54) is 11.3 Å². The molecule has 0 saturated carbocycles. The van der Waals surface area contributed by atoms with E-state index in [1.807, 2.05) is 10.7 Å². The molecule has 9 nitrogen and oxygen atoms in total. The molecule has 176 valence electrons. The Morgan fingerprint density at radius 2 is 1.85 bits per heavy atom. The number of nitrogens with zero attached hydrogens (tertiary/aromatic N) is 5. The zero-order chi connectivity index (χ0) is 22.6. The summed E-state index contributed by atoms with van der Waals surface area (Å²) in [6.07, 6.45) is 3.83. The summed E-state index contributed by atoms with van der Waals surface area (Å²) in [5.41, 5.74) is 4.46. The van der Waals surface area contributed by atoms with Crippen molar-refractivity contribution < 1.29 is 4.74 Å². The van der Waals surface area contributed by atoms with Gasteiger partial charge in [0.15, 0.2) is 5.65 Å². The highest BCUT2D eigenvalue weighted by Gasteiger charge is 2.19. The molecule has 0 atom stereocenters. The lowest BCUT2D eigenvalue weighted by molar-refractivity contribution is 0.0903. The predicted octanol–water partition coefficient (Wildman–Crippen LogP) is 2.86. The molecular weight excluding hydrogens is 416 g/mol.